The summed E-state index contributed by atoms with van der Waals surface area (Å²) in [6.07, 6.45) is 0.902. The predicted molar refractivity (Wildman–Crippen MR) is 105 cm³/mol. The first-order valence-electron chi connectivity index (χ1n) is 9.02. The van der Waals surface area contributed by atoms with E-state index in [2.05, 4.69) is 34.1 Å². The van der Waals surface area contributed by atoms with E-state index in [0.29, 0.717) is 18.3 Å². The summed E-state index contributed by atoms with van der Waals surface area (Å²) >= 11 is 0. The maximum Gasteiger partial charge on any atom is 0.258 e. The molecule has 1 aromatic heterocycles. The third kappa shape index (κ3) is 3.51. The zero-order valence-corrected chi connectivity index (χ0v) is 15.7. The van der Waals surface area contributed by atoms with Crippen molar-refractivity contribution in [2.75, 3.05) is 17.0 Å². The second-order valence-electron chi connectivity index (χ2n) is 7.30. The van der Waals surface area contributed by atoms with Crippen molar-refractivity contribution < 1.29 is 9.63 Å². The van der Waals surface area contributed by atoms with Gasteiger partial charge in [0, 0.05) is 11.1 Å². The lowest BCUT2D eigenvalue weighted by molar-refractivity contribution is 0.0858. The Kier molecular flexibility index (Phi) is 4.33. The molecule has 0 saturated carbocycles. The van der Waals surface area contributed by atoms with Gasteiger partial charge >= 0.3 is 0 Å². The normalized spacial score (nSPS) is 13.6. The standard InChI is InChI=1S/C20H23N5O2/c1-4-13-7-5-6-8-15(13)19-21-18(23-27-19)14-9-10-17-16(11-14)22-24-25(17)12-20(2,3)26/h5-11,22,24,26H,4,12H2,1-3H3. The molecule has 3 aromatic rings. The average Bonchev–Trinajstić information content (AvgIpc) is 3.28. The zero-order chi connectivity index (χ0) is 19.0. The van der Waals surface area contributed by atoms with Crippen LogP contribution in [0.1, 0.15) is 26.3 Å². The van der Waals surface area contributed by atoms with Crippen LogP contribution in [0.5, 0.6) is 0 Å². The number of fused-ring (bicyclic) bond motifs is 1. The smallest absolute Gasteiger partial charge is 0.258 e. The lowest BCUT2D eigenvalue weighted by Gasteiger charge is -2.26. The minimum atomic E-state index is -0.815. The number of anilines is 2. The molecule has 4 rings (SSSR count). The Bertz CT molecular complexity index is 961. The summed E-state index contributed by atoms with van der Waals surface area (Å²) in [5, 5.41) is 16.1. The monoisotopic (exact) mass is 365 g/mol. The van der Waals surface area contributed by atoms with Gasteiger partial charge in [0.1, 0.15) is 0 Å². The number of hydrazine groups is 2. The van der Waals surface area contributed by atoms with E-state index in [9.17, 15) is 5.11 Å². The number of aryl methyl sites for hydroxylation is 1. The number of rotatable bonds is 5. The summed E-state index contributed by atoms with van der Waals surface area (Å²) in [4.78, 5) is 4.58. The van der Waals surface area contributed by atoms with Crippen LogP contribution in [-0.2, 0) is 6.42 Å². The van der Waals surface area contributed by atoms with E-state index in [0.717, 1.165) is 28.9 Å². The number of hydrogen-bond donors (Lipinski definition) is 3. The number of hydrogen-bond acceptors (Lipinski definition) is 7. The van der Waals surface area contributed by atoms with E-state index in [1.54, 1.807) is 13.8 Å². The van der Waals surface area contributed by atoms with Crippen molar-refractivity contribution in [1.29, 1.82) is 0 Å². The molecule has 140 valence electrons. The molecular weight excluding hydrogens is 342 g/mol. The Morgan fingerprint density at radius 3 is 2.78 bits per heavy atom. The van der Waals surface area contributed by atoms with E-state index >= 15 is 0 Å². The van der Waals surface area contributed by atoms with Crippen LogP contribution in [0.25, 0.3) is 22.8 Å². The summed E-state index contributed by atoms with van der Waals surface area (Å²) < 4.78 is 5.51. The number of benzene rings is 2. The summed E-state index contributed by atoms with van der Waals surface area (Å²) in [5.74, 6) is 1.07. The van der Waals surface area contributed by atoms with Gasteiger partial charge in [0.15, 0.2) is 0 Å². The van der Waals surface area contributed by atoms with E-state index in [-0.39, 0.29) is 0 Å². The summed E-state index contributed by atoms with van der Waals surface area (Å²) in [6.45, 7) is 6.10. The Morgan fingerprint density at radius 2 is 2.00 bits per heavy atom. The summed E-state index contributed by atoms with van der Waals surface area (Å²) in [5.41, 5.74) is 10.2. The second kappa shape index (κ2) is 6.68. The molecule has 0 amide bonds. The van der Waals surface area contributed by atoms with Gasteiger partial charge in [-0.15, -0.1) is 5.53 Å². The van der Waals surface area contributed by atoms with Gasteiger partial charge in [0.2, 0.25) is 5.82 Å². The van der Waals surface area contributed by atoms with Crippen LogP contribution in [0.2, 0.25) is 0 Å². The molecule has 27 heavy (non-hydrogen) atoms. The topological polar surface area (TPSA) is 86.5 Å². The minimum absolute atomic E-state index is 0.451. The van der Waals surface area contributed by atoms with E-state index in [1.165, 1.54) is 5.56 Å². The molecule has 0 saturated heterocycles. The highest BCUT2D eigenvalue weighted by atomic mass is 16.5. The fraction of sp³-hybridized carbons (Fsp3) is 0.300. The predicted octanol–water partition coefficient (Wildman–Crippen LogP) is 3.39. The van der Waals surface area contributed by atoms with Crippen LogP contribution in [0.15, 0.2) is 47.0 Å². The number of nitrogens with zero attached hydrogens (tertiary/aromatic N) is 3. The van der Waals surface area contributed by atoms with Gasteiger partial charge < -0.3 is 15.1 Å². The molecule has 2 heterocycles. The van der Waals surface area contributed by atoms with Gasteiger partial charge in [0.25, 0.3) is 5.89 Å². The van der Waals surface area contributed by atoms with Crippen molar-refractivity contribution in [2.45, 2.75) is 32.8 Å². The van der Waals surface area contributed by atoms with Gasteiger partial charge in [0.05, 0.1) is 23.5 Å². The summed E-state index contributed by atoms with van der Waals surface area (Å²) in [6, 6.07) is 13.9. The average molecular weight is 365 g/mol. The SMILES string of the molecule is CCc1ccccc1-c1nc(-c2ccc3c(c2)NNN3CC(C)(C)O)no1. The van der Waals surface area contributed by atoms with Crippen molar-refractivity contribution >= 4 is 11.4 Å². The molecule has 2 aromatic carbocycles. The highest BCUT2D eigenvalue weighted by molar-refractivity contribution is 5.78. The Hall–Kier alpha value is -2.90. The molecule has 0 unspecified atom stereocenters. The molecule has 0 spiro atoms. The maximum absolute atomic E-state index is 10.0. The first-order chi connectivity index (χ1) is 12.9. The van der Waals surface area contributed by atoms with Crippen LogP contribution < -0.4 is 16.0 Å². The fourth-order valence-corrected chi connectivity index (χ4v) is 3.20. The van der Waals surface area contributed by atoms with Gasteiger partial charge in [-0.3, -0.25) is 5.01 Å². The fourth-order valence-electron chi connectivity index (χ4n) is 3.20. The molecule has 7 nitrogen and oxygen atoms in total. The van der Waals surface area contributed by atoms with Crippen molar-refractivity contribution in [1.82, 2.24) is 15.7 Å². The van der Waals surface area contributed by atoms with Crippen molar-refractivity contribution in [3.8, 4) is 22.8 Å². The van der Waals surface area contributed by atoms with Gasteiger partial charge in [-0.25, -0.2) is 0 Å². The molecular formula is C20H23N5O2. The second-order valence-corrected chi connectivity index (χ2v) is 7.30. The third-order valence-corrected chi connectivity index (χ3v) is 4.47. The molecule has 1 aliphatic rings. The first-order valence-corrected chi connectivity index (χ1v) is 9.02. The third-order valence-electron chi connectivity index (χ3n) is 4.47. The molecule has 0 aliphatic carbocycles. The van der Waals surface area contributed by atoms with Crippen molar-refractivity contribution in [3.05, 3.63) is 48.0 Å². The highest BCUT2D eigenvalue weighted by Gasteiger charge is 2.25. The van der Waals surface area contributed by atoms with Crippen LogP contribution in [0, 0.1) is 0 Å². The van der Waals surface area contributed by atoms with Crippen LogP contribution in [0.3, 0.4) is 0 Å². The van der Waals surface area contributed by atoms with E-state index < -0.39 is 5.60 Å². The number of aromatic nitrogens is 2. The maximum atomic E-state index is 10.0. The lowest BCUT2D eigenvalue weighted by atomic mass is 10.1. The highest BCUT2D eigenvalue weighted by Crippen LogP contribution is 2.34. The van der Waals surface area contributed by atoms with E-state index in [1.807, 2.05) is 41.4 Å². The number of nitrogens with one attached hydrogen (secondary N) is 2. The van der Waals surface area contributed by atoms with Gasteiger partial charge in [-0.05, 0) is 50.1 Å². The Labute approximate surface area is 158 Å². The molecule has 1 aliphatic heterocycles. The number of β-amino-alcohol motifs (C(OH)–C–C–N with tert-alkyl or cyclic N) is 1. The van der Waals surface area contributed by atoms with E-state index in [4.69, 9.17) is 4.52 Å². The quantitative estimate of drug-likeness (QED) is 0.639. The first kappa shape index (κ1) is 17.5. The zero-order valence-electron chi connectivity index (χ0n) is 15.7. The van der Waals surface area contributed by atoms with Crippen LogP contribution >= 0.6 is 0 Å². The van der Waals surface area contributed by atoms with Gasteiger partial charge in [-0.2, -0.15) is 4.98 Å². The van der Waals surface area contributed by atoms with Crippen LogP contribution in [-0.4, -0.2) is 27.4 Å². The Balaban J connectivity index is 1.62. The van der Waals surface area contributed by atoms with Crippen LogP contribution in [0.4, 0.5) is 11.4 Å². The molecule has 0 radical (unpaired) electrons. The summed E-state index contributed by atoms with van der Waals surface area (Å²) in [7, 11) is 0. The Morgan fingerprint density at radius 1 is 1.19 bits per heavy atom. The molecule has 0 bridgehead atoms. The lowest BCUT2D eigenvalue weighted by Crippen LogP contribution is -2.45. The number of aliphatic hydroxyl groups is 1. The van der Waals surface area contributed by atoms with Gasteiger partial charge in [-0.1, -0.05) is 30.3 Å². The van der Waals surface area contributed by atoms with Crippen molar-refractivity contribution in [2.24, 2.45) is 0 Å². The molecule has 0 atom stereocenters. The van der Waals surface area contributed by atoms with Crippen molar-refractivity contribution in [3.63, 3.8) is 0 Å². The molecule has 0 fully saturated rings. The molecule has 3 N–H and O–H groups in total. The minimum Gasteiger partial charge on any atom is -0.389 e. The largest absolute Gasteiger partial charge is 0.389 e. The molecule has 7 heteroatoms.